The van der Waals surface area contributed by atoms with Crippen molar-refractivity contribution in [2.24, 2.45) is 0 Å². The van der Waals surface area contributed by atoms with Crippen LogP contribution in [0.2, 0.25) is 0 Å². The molecule has 2 aromatic carbocycles. The molecule has 1 N–H and O–H groups in total. The fourth-order valence-electron chi connectivity index (χ4n) is 3.00. The molecule has 0 aliphatic carbocycles. The monoisotopic (exact) mass is 367 g/mol. The molecule has 2 atom stereocenters. The predicted molar refractivity (Wildman–Crippen MR) is 101 cm³/mol. The van der Waals surface area contributed by atoms with Gasteiger partial charge in [0.15, 0.2) is 12.6 Å². The minimum Gasteiger partial charge on any atom is -0.465 e. The molecule has 27 heavy (non-hydrogen) atoms. The summed E-state index contributed by atoms with van der Waals surface area (Å²) in [5, 5.41) is 18.9. The molecule has 0 aromatic heterocycles. The molecule has 0 amide bonds. The van der Waals surface area contributed by atoms with Gasteiger partial charge in [-0.05, 0) is 67.6 Å². The van der Waals surface area contributed by atoms with E-state index in [4.69, 9.17) is 19.5 Å². The van der Waals surface area contributed by atoms with Crippen LogP contribution in [0.5, 0.6) is 11.5 Å². The number of nitrogens with zero attached hydrogens (tertiary/aromatic N) is 1. The fourth-order valence-corrected chi connectivity index (χ4v) is 3.00. The average Bonchev–Trinajstić information content (AvgIpc) is 2.71. The van der Waals surface area contributed by atoms with Crippen molar-refractivity contribution < 1.29 is 19.3 Å². The highest BCUT2D eigenvalue weighted by Crippen LogP contribution is 2.23. The minimum absolute atomic E-state index is 0.168. The van der Waals surface area contributed by atoms with E-state index in [0.717, 1.165) is 50.0 Å². The molecule has 0 spiro atoms. The lowest BCUT2D eigenvalue weighted by molar-refractivity contribution is -0.105. The molecule has 0 saturated carbocycles. The van der Waals surface area contributed by atoms with E-state index in [-0.39, 0.29) is 6.29 Å². The summed E-state index contributed by atoms with van der Waals surface area (Å²) in [6.45, 7) is 0.751. The number of hydrogen-bond donors (Lipinski definition) is 1. The van der Waals surface area contributed by atoms with Gasteiger partial charge in [-0.2, -0.15) is 5.26 Å². The molecule has 1 heterocycles. The van der Waals surface area contributed by atoms with Crippen LogP contribution in [0.15, 0.2) is 48.5 Å². The van der Waals surface area contributed by atoms with E-state index in [2.05, 4.69) is 6.07 Å². The van der Waals surface area contributed by atoms with Crippen LogP contribution in [-0.4, -0.2) is 24.3 Å². The zero-order valence-electron chi connectivity index (χ0n) is 15.3. The smallest absolute Gasteiger partial charge is 0.199 e. The molecule has 142 valence electrons. The maximum Gasteiger partial charge on any atom is 0.199 e. The highest BCUT2D eigenvalue weighted by atomic mass is 16.7. The normalized spacial score (nSPS) is 17.7. The van der Waals surface area contributed by atoms with E-state index in [1.165, 1.54) is 0 Å². The topological polar surface area (TPSA) is 71.7 Å². The second-order valence-electron chi connectivity index (χ2n) is 6.66. The molecule has 0 radical (unpaired) electrons. The summed E-state index contributed by atoms with van der Waals surface area (Å²) < 4.78 is 16.9. The van der Waals surface area contributed by atoms with Gasteiger partial charge in [-0.25, -0.2) is 0 Å². The van der Waals surface area contributed by atoms with Gasteiger partial charge in [-0.3, -0.25) is 0 Å². The van der Waals surface area contributed by atoms with Crippen molar-refractivity contribution in [3.63, 3.8) is 0 Å². The maximum absolute atomic E-state index is 10.1. The van der Waals surface area contributed by atoms with Crippen LogP contribution in [0, 0.1) is 11.3 Å². The molecule has 0 bridgehead atoms. The van der Waals surface area contributed by atoms with Crippen molar-refractivity contribution in [3.8, 4) is 17.6 Å². The van der Waals surface area contributed by atoms with Crippen LogP contribution in [-0.2, 0) is 11.2 Å². The van der Waals surface area contributed by atoms with Crippen molar-refractivity contribution in [2.75, 3.05) is 6.61 Å². The first-order valence-corrected chi connectivity index (χ1v) is 9.45. The largest absolute Gasteiger partial charge is 0.465 e. The van der Waals surface area contributed by atoms with Crippen LogP contribution in [0.3, 0.4) is 0 Å². The first-order chi connectivity index (χ1) is 13.2. The lowest BCUT2D eigenvalue weighted by Crippen LogP contribution is -2.24. The molecule has 2 aromatic rings. The van der Waals surface area contributed by atoms with E-state index < -0.39 is 6.29 Å². The van der Waals surface area contributed by atoms with Crippen molar-refractivity contribution in [1.29, 1.82) is 5.26 Å². The number of aliphatic hydroxyl groups excluding tert-OH is 1. The fraction of sp³-hybridized carbons (Fsp3) is 0.409. The zero-order valence-corrected chi connectivity index (χ0v) is 15.3. The van der Waals surface area contributed by atoms with E-state index >= 15 is 0 Å². The molecule has 3 rings (SSSR count). The second kappa shape index (κ2) is 9.96. The SMILES string of the molecule is N#Cc1ccc(CCCC(O)Oc2ccc(OC3CCCCO3)cc2)cc1. The Labute approximate surface area is 160 Å². The van der Waals surface area contributed by atoms with Crippen molar-refractivity contribution >= 4 is 0 Å². The standard InChI is InChI=1S/C22H25NO4/c23-16-18-9-7-17(8-10-18)4-3-5-21(24)26-19-11-13-20(14-12-19)27-22-6-1-2-15-25-22/h7-14,21-22,24H,1-6,15H2. The van der Waals surface area contributed by atoms with E-state index in [9.17, 15) is 5.11 Å². The summed E-state index contributed by atoms with van der Waals surface area (Å²) in [5.41, 5.74) is 1.80. The minimum atomic E-state index is -0.850. The van der Waals surface area contributed by atoms with Crippen LogP contribution in [0.1, 0.15) is 43.2 Å². The van der Waals surface area contributed by atoms with Gasteiger partial charge in [0.25, 0.3) is 0 Å². The summed E-state index contributed by atoms with van der Waals surface area (Å²) in [4.78, 5) is 0. The molecule has 1 aliphatic rings. The van der Waals surface area contributed by atoms with Crippen LogP contribution in [0.25, 0.3) is 0 Å². The van der Waals surface area contributed by atoms with Crippen molar-refractivity contribution in [3.05, 3.63) is 59.7 Å². The quantitative estimate of drug-likeness (QED) is 0.709. The van der Waals surface area contributed by atoms with E-state index in [0.29, 0.717) is 17.7 Å². The highest BCUT2D eigenvalue weighted by Gasteiger charge is 2.15. The Morgan fingerprint density at radius 2 is 1.81 bits per heavy atom. The van der Waals surface area contributed by atoms with Gasteiger partial charge in [0.1, 0.15) is 11.5 Å². The van der Waals surface area contributed by atoms with Crippen LogP contribution in [0.4, 0.5) is 0 Å². The van der Waals surface area contributed by atoms with Gasteiger partial charge in [0, 0.05) is 12.8 Å². The third-order valence-electron chi connectivity index (χ3n) is 4.50. The summed E-state index contributed by atoms with van der Waals surface area (Å²) in [5.74, 6) is 1.35. The van der Waals surface area contributed by atoms with Crippen LogP contribution < -0.4 is 9.47 Å². The van der Waals surface area contributed by atoms with Gasteiger partial charge in [0.2, 0.25) is 0 Å². The first kappa shape index (κ1) is 19.2. The third kappa shape index (κ3) is 6.28. The first-order valence-electron chi connectivity index (χ1n) is 9.45. The summed E-state index contributed by atoms with van der Waals surface area (Å²) >= 11 is 0. The number of benzene rings is 2. The summed E-state index contributed by atoms with van der Waals surface area (Å²) in [7, 11) is 0. The Kier molecular flexibility index (Phi) is 7.09. The van der Waals surface area contributed by atoms with E-state index in [1.807, 2.05) is 36.4 Å². The Morgan fingerprint density at radius 3 is 2.48 bits per heavy atom. The zero-order chi connectivity index (χ0) is 18.9. The molecule has 1 saturated heterocycles. The lowest BCUT2D eigenvalue weighted by atomic mass is 10.1. The Bertz CT molecular complexity index is 730. The molecular formula is C22H25NO4. The van der Waals surface area contributed by atoms with Gasteiger partial charge in [0.05, 0.1) is 18.2 Å². The molecule has 2 unspecified atom stereocenters. The average molecular weight is 367 g/mol. The molecule has 1 fully saturated rings. The molecular weight excluding hydrogens is 342 g/mol. The lowest BCUT2D eigenvalue weighted by Gasteiger charge is -2.23. The Balaban J connectivity index is 1.39. The van der Waals surface area contributed by atoms with Crippen LogP contribution >= 0.6 is 0 Å². The molecule has 5 heteroatoms. The van der Waals surface area contributed by atoms with E-state index in [1.54, 1.807) is 12.1 Å². The molecule has 5 nitrogen and oxygen atoms in total. The van der Waals surface area contributed by atoms with Gasteiger partial charge < -0.3 is 19.3 Å². The second-order valence-corrected chi connectivity index (χ2v) is 6.66. The Hall–Kier alpha value is -2.55. The number of rotatable bonds is 8. The number of aryl methyl sites for hydroxylation is 1. The number of aliphatic hydroxyl groups is 1. The number of hydrogen-bond acceptors (Lipinski definition) is 5. The van der Waals surface area contributed by atoms with Gasteiger partial charge in [-0.1, -0.05) is 12.1 Å². The number of ether oxygens (including phenoxy) is 3. The highest BCUT2D eigenvalue weighted by molar-refractivity contribution is 5.32. The maximum atomic E-state index is 10.1. The summed E-state index contributed by atoms with van der Waals surface area (Å²) in [6, 6.07) is 16.9. The van der Waals surface area contributed by atoms with Crippen molar-refractivity contribution in [2.45, 2.75) is 51.1 Å². The molecule has 1 aliphatic heterocycles. The van der Waals surface area contributed by atoms with Gasteiger partial charge >= 0.3 is 0 Å². The number of nitriles is 1. The third-order valence-corrected chi connectivity index (χ3v) is 4.50. The summed E-state index contributed by atoms with van der Waals surface area (Å²) in [6.07, 6.45) is 4.28. The Morgan fingerprint density at radius 1 is 1.07 bits per heavy atom. The van der Waals surface area contributed by atoms with Crippen molar-refractivity contribution in [1.82, 2.24) is 0 Å². The van der Waals surface area contributed by atoms with Gasteiger partial charge in [-0.15, -0.1) is 0 Å². The predicted octanol–water partition coefficient (Wildman–Crippen LogP) is 4.18.